The van der Waals surface area contributed by atoms with Crippen LogP contribution in [0.3, 0.4) is 0 Å². The Kier molecular flexibility index (Phi) is 5.79. The minimum absolute atomic E-state index is 0.108. The molecular formula is C21H24N2O3. The van der Waals surface area contributed by atoms with Crippen LogP contribution in [0.25, 0.3) is 6.08 Å². The van der Waals surface area contributed by atoms with E-state index in [0.29, 0.717) is 12.3 Å². The van der Waals surface area contributed by atoms with E-state index in [1.54, 1.807) is 12.2 Å². The number of nitrogens with one attached hydrogen (secondary N) is 1. The Balaban J connectivity index is 1.49. The molecule has 0 radical (unpaired) electrons. The van der Waals surface area contributed by atoms with Gasteiger partial charge in [0.05, 0.1) is 0 Å². The van der Waals surface area contributed by atoms with Crippen LogP contribution in [0.4, 0.5) is 5.69 Å². The molecule has 1 amide bonds. The number of hydrogen-bond donors (Lipinski definition) is 1. The van der Waals surface area contributed by atoms with Gasteiger partial charge in [0.15, 0.2) is 11.5 Å². The molecule has 0 bridgehead atoms. The molecule has 0 unspecified atom stereocenters. The number of aryl methyl sites for hydroxylation is 1. The lowest BCUT2D eigenvalue weighted by Gasteiger charge is -2.23. The molecule has 1 aliphatic rings. The van der Waals surface area contributed by atoms with E-state index in [2.05, 4.69) is 48.3 Å². The maximum Gasteiger partial charge on any atom is 0.244 e. The number of fused-ring (bicyclic) bond motifs is 1. The van der Waals surface area contributed by atoms with Crippen molar-refractivity contribution in [3.63, 3.8) is 0 Å². The number of rotatable bonds is 7. The van der Waals surface area contributed by atoms with E-state index in [9.17, 15) is 4.79 Å². The molecule has 5 nitrogen and oxygen atoms in total. The molecule has 0 atom stereocenters. The Labute approximate surface area is 154 Å². The third-order valence-corrected chi connectivity index (χ3v) is 4.25. The van der Waals surface area contributed by atoms with E-state index in [1.807, 2.05) is 18.2 Å². The zero-order valence-corrected chi connectivity index (χ0v) is 15.2. The number of benzene rings is 2. The van der Waals surface area contributed by atoms with Gasteiger partial charge in [-0.1, -0.05) is 18.2 Å². The van der Waals surface area contributed by atoms with Gasteiger partial charge in [0.2, 0.25) is 12.7 Å². The molecule has 2 aromatic rings. The molecule has 0 fully saturated rings. The molecule has 1 aliphatic heterocycles. The van der Waals surface area contributed by atoms with Crippen molar-refractivity contribution in [3.05, 3.63) is 59.7 Å². The summed E-state index contributed by atoms with van der Waals surface area (Å²) < 4.78 is 10.6. The summed E-state index contributed by atoms with van der Waals surface area (Å²) in [7, 11) is 0. The van der Waals surface area contributed by atoms with Crippen molar-refractivity contribution in [1.82, 2.24) is 5.32 Å². The minimum Gasteiger partial charge on any atom is -0.454 e. The number of amides is 1. The minimum atomic E-state index is -0.108. The fourth-order valence-corrected chi connectivity index (χ4v) is 2.86. The molecule has 26 heavy (non-hydrogen) atoms. The van der Waals surface area contributed by atoms with Crippen LogP contribution in [0.5, 0.6) is 11.5 Å². The normalized spacial score (nSPS) is 12.4. The Hall–Kier alpha value is -2.95. The fourth-order valence-electron chi connectivity index (χ4n) is 2.86. The Morgan fingerprint density at radius 3 is 2.85 bits per heavy atom. The number of carbonyl (C=O) groups is 1. The molecule has 1 heterocycles. The van der Waals surface area contributed by atoms with Crippen LogP contribution in [-0.2, 0) is 4.79 Å². The lowest BCUT2D eigenvalue weighted by Crippen LogP contribution is -2.34. The van der Waals surface area contributed by atoms with Crippen LogP contribution in [0.1, 0.15) is 18.1 Å². The summed E-state index contributed by atoms with van der Waals surface area (Å²) in [6.45, 7) is 6.70. The van der Waals surface area contributed by atoms with E-state index in [4.69, 9.17) is 9.47 Å². The van der Waals surface area contributed by atoms with Gasteiger partial charge in [-0.3, -0.25) is 4.79 Å². The van der Waals surface area contributed by atoms with Crippen molar-refractivity contribution in [2.24, 2.45) is 0 Å². The monoisotopic (exact) mass is 352 g/mol. The molecule has 3 rings (SSSR count). The number of carbonyl (C=O) groups excluding carboxylic acids is 1. The van der Waals surface area contributed by atoms with Gasteiger partial charge in [-0.05, 0) is 55.3 Å². The van der Waals surface area contributed by atoms with E-state index in [-0.39, 0.29) is 12.7 Å². The summed E-state index contributed by atoms with van der Waals surface area (Å²) in [4.78, 5) is 14.3. The molecule has 136 valence electrons. The van der Waals surface area contributed by atoms with Crippen molar-refractivity contribution >= 4 is 17.7 Å². The molecule has 0 aliphatic carbocycles. The zero-order chi connectivity index (χ0) is 18.4. The number of ether oxygens (including phenoxy) is 2. The number of nitrogens with zero attached hydrogens (tertiary/aromatic N) is 1. The number of likely N-dealkylation sites (N-methyl/N-ethyl adjacent to an activating group) is 1. The van der Waals surface area contributed by atoms with Crippen molar-refractivity contribution in [2.75, 3.05) is 31.3 Å². The predicted octanol–water partition coefficient (Wildman–Crippen LogP) is 3.38. The van der Waals surface area contributed by atoms with E-state index in [1.165, 1.54) is 11.3 Å². The van der Waals surface area contributed by atoms with Crippen molar-refractivity contribution in [3.8, 4) is 11.5 Å². The summed E-state index contributed by atoms with van der Waals surface area (Å²) in [5, 5.41) is 2.93. The fraction of sp³-hybridized carbons (Fsp3) is 0.286. The molecule has 0 saturated heterocycles. The molecule has 2 aromatic carbocycles. The van der Waals surface area contributed by atoms with E-state index in [0.717, 1.165) is 24.4 Å². The van der Waals surface area contributed by atoms with Gasteiger partial charge in [0, 0.05) is 31.4 Å². The van der Waals surface area contributed by atoms with Gasteiger partial charge in [0.1, 0.15) is 0 Å². The van der Waals surface area contributed by atoms with Crippen LogP contribution < -0.4 is 19.7 Å². The highest BCUT2D eigenvalue weighted by Gasteiger charge is 2.12. The van der Waals surface area contributed by atoms with Crippen molar-refractivity contribution < 1.29 is 14.3 Å². The number of anilines is 1. The summed E-state index contributed by atoms with van der Waals surface area (Å²) in [5.41, 5.74) is 3.31. The molecule has 5 heteroatoms. The first-order valence-electron chi connectivity index (χ1n) is 8.83. The highest BCUT2D eigenvalue weighted by molar-refractivity contribution is 5.91. The third-order valence-electron chi connectivity index (χ3n) is 4.25. The average Bonchev–Trinajstić information content (AvgIpc) is 3.11. The molecule has 0 aromatic heterocycles. The van der Waals surface area contributed by atoms with Crippen LogP contribution in [0.2, 0.25) is 0 Å². The first-order chi connectivity index (χ1) is 12.7. The maximum absolute atomic E-state index is 12.0. The van der Waals surface area contributed by atoms with Crippen LogP contribution in [0.15, 0.2) is 48.5 Å². The maximum atomic E-state index is 12.0. The largest absolute Gasteiger partial charge is 0.454 e. The Morgan fingerprint density at radius 1 is 1.19 bits per heavy atom. The van der Waals surface area contributed by atoms with Gasteiger partial charge in [-0.2, -0.15) is 0 Å². The summed E-state index contributed by atoms with van der Waals surface area (Å²) in [6.07, 6.45) is 3.32. The lowest BCUT2D eigenvalue weighted by atomic mass is 10.2. The van der Waals surface area contributed by atoms with Gasteiger partial charge in [-0.25, -0.2) is 0 Å². The molecule has 0 saturated carbocycles. The van der Waals surface area contributed by atoms with Crippen molar-refractivity contribution in [2.45, 2.75) is 13.8 Å². The first-order valence-corrected chi connectivity index (χ1v) is 8.83. The highest BCUT2D eigenvalue weighted by atomic mass is 16.7. The Bertz CT molecular complexity index is 802. The second-order valence-electron chi connectivity index (χ2n) is 6.16. The van der Waals surface area contributed by atoms with Crippen LogP contribution in [-0.4, -0.2) is 32.3 Å². The zero-order valence-electron chi connectivity index (χ0n) is 15.2. The lowest BCUT2D eigenvalue weighted by molar-refractivity contribution is -0.116. The third kappa shape index (κ3) is 4.57. The van der Waals surface area contributed by atoms with E-state index < -0.39 is 0 Å². The number of hydrogen-bond acceptors (Lipinski definition) is 4. The second kappa shape index (κ2) is 8.43. The van der Waals surface area contributed by atoms with Gasteiger partial charge in [-0.15, -0.1) is 0 Å². The topological polar surface area (TPSA) is 50.8 Å². The molecule has 1 N–H and O–H groups in total. The van der Waals surface area contributed by atoms with Gasteiger partial charge in [0.25, 0.3) is 0 Å². The van der Waals surface area contributed by atoms with Crippen molar-refractivity contribution in [1.29, 1.82) is 0 Å². The summed E-state index contributed by atoms with van der Waals surface area (Å²) in [6, 6.07) is 14.0. The predicted molar refractivity (Wildman–Crippen MR) is 104 cm³/mol. The van der Waals surface area contributed by atoms with Crippen LogP contribution >= 0.6 is 0 Å². The second-order valence-corrected chi connectivity index (χ2v) is 6.16. The first kappa shape index (κ1) is 17.9. The average molecular weight is 352 g/mol. The molecule has 0 spiro atoms. The van der Waals surface area contributed by atoms with Gasteiger partial charge < -0.3 is 19.7 Å². The molecular weight excluding hydrogens is 328 g/mol. The summed E-state index contributed by atoms with van der Waals surface area (Å²) >= 11 is 0. The SMILES string of the molecule is CCN(CCNC(=O)/C=C/c1ccc2c(c1)OCO2)c1cccc(C)c1. The smallest absolute Gasteiger partial charge is 0.244 e. The van der Waals surface area contributed by atoms with E-state index >= 15 is 0 Å². The standard InChI is InChI=1S/C21H24N2O3/c1-3-23(18-6-4-5-16(2)13-18)12-11-22-21(24)10-8-17-7-9-19-20(14-17)26-15-25-19/h4-10,13-14H,3,11-12,15H2,1-2H3,(H,22,24)/b10-8+. The van der Waals surface area contributed by atoms with Gasteiger partial charge >= 0.3 is 0 Å². The summed E-state index contributed by atoms with van der Waals surface area (Å²) in [5.74, 6) is 1.34. The van der Waals surface area contributed by atoms with Crippen LogP contribution in [0, 0.1) is 6.92 Å². The Morgan fingerprint density at radius 2 is 2.04 bits per heavy atom. The quantitative estimate of drug-likeness (QED) is 0.776. The highest BCUT2D eigenvalue weighted by Crippen LogP contribution is 2.32.